The Bertz CT molecular complexity index is 799. The molecule has 6 heteroatoms. The predicted octanol–water partition coefficient (Wildman–Crippen LogP) is 3.85. The van der Waals surface area contributed by atoms with Crippen LogP contribution < -0.4 is 5.32 Å². The van der Waals surface area contributed by atoms with Gasteiger partial charge in [0.05, 0.1) is 4.92 Å². The van der Waals surface area contributed by atoms with Gasteiger partial charge < -0.3 is 5.32 Å². The highest BCUT2D eigenvalue weighted by atomic mass is 79.9. The van der Waals surface area contributed by atoms with Gasteiger partial charge in [-0.1, -0.05) is 28.1 Å². The van der Waals surface area contributed by atoms with Gasteiger partial charge in [0.1, 0.15) is 0 Å². The normalized spacial score (nSPS) is 14.9. The van der Waals surface area contributed by atoms with Gasteiger partial charge in [0.25, 0.3) is 11.6 Å². The second-order valence-corrected chi connectivity index (χ2v) is 5.47. The Hall–Kier alpha value is -2.47. The predicted molar refractivity (Wildman–Crippen MR) is 83.7 cm³/mol. The number of non-ortho nitro benzene ring substituents is 1. The van der Waals surface area contributed by atoms with Gasteiger partial charge in [-0.2, -0.15) is 0 Å². The summed E-state index contributed by atoms with van der Waals surface area (Å²) in [7, 11) is 0. The van der Waals surface area contributed by atoms with E-state index in [0.29, 0.717) is 11.1 Å². The SMILES string of the molecule is O=C1Nc2ccc(Br)cc2/C1=C\c1cccc([N+](=O)[O-])c1. The van der Waals surface area contributed by atoms with E-state index in [0.717, 1.165) is 15.7 Å². The van der Waals surface area contributed by atoms with Crippen LogP contribution in [0.5, 0.6) is 0 Å². The average molecular weight is 345 g/mol. The first-order valence-corrected chi connectivity index (χ1v) is 6.91. The van der Waals surface area contributed by atoms with E-state index >= 15 is 0 Å². The summed E-state index contributed by atoms with van der Waals surface area (Å²) in [6.07, 6.45) is 1.65. The molecule has 1 N–H and O–H groups in total. The maximum atomic E-state index is 12.0. The molecular formula is C15H9BrN2O3. The van der Waals surface area contributed by atoms with Gasteiger partial charge in [-0.25, -0.2) is 0 Å². The van der Waals surface area contributed by atoms with Crippen molar-refractivity contribution in [2.24, 2.45) is 0 Å². The lowest BCUT2D eigenvalue weighted by Crippen LogP contribution is -2.03. The van der Waals surface area contributed by atoms with Crippen LogP contribution in [0.2, 0.25) is 0 Å². The molecule has 3 rings (SSSR count). The van der Waals surface area contributed by atoms with Crippen LogP contribution in [0.3, 0.4) is 0 Å². The van der Waals surface area contributed by atoms with Crippen LogP contribution in [0.4, 0.5) is 11.4 Å². The molecule has 1 aliphatic rings. The number of nitro benzene ring substituents is 1. The highest BCUT2D eigenvalue weighted by molar-refractivity contribution is 9.10. The summed E-state index contributed by atoms with van der Waals surface area (Å²) in [6, 6.07) is 11.7. The quantitative estimate of drug-likeness (QED) is 0.510. The van der Waals surface area contributed by atoms with Crippen LogP contribution in [0, 0.1) is 10.1 Å². The minimum absolute atomic E-state index is 0.00257. The molecule has 0 spiro atoms. The Kier molecular flexibility index (Phi) is 3.31. The number of rotatable bonds is 2. The largest absolute Gasteiger partial charge is 0.321 e. The lowest BCUT2D eigenvalue weighted by Gasteiger charge is -2.00. The molecule has 21 heavy (non-hydrogen) atoms. The fraction of sp³-hybridized carbons (Fsp3) is 0. The van der Waals surface area contributed by atoms with E-state index < -0.39 is 4.92 Å². The molecule has 0 bridgehead atoms. The lowest BCUT2D eigenvalue weighted by atomic mass is 10.0. The molecule has 0 aliphatic carbocycles. The molecule has 0 aromatic heterocycles. The molecule has 1 heterocycles. The number of amides is 1. The summed E-state index contributed by atoms with van der Waals surface area (Å²) in [4.78, 5) is 22.4. The van der Waals surface area contributed by atoms with Gasteiger partial charge >= 0.3 is 0 Å². The maximum Gasteiger partial charge on any atom is 0.270 e. The number of nitrogens with one attached hydrogen (secondary N) is 1. The Labute approximate surface area is 128 Å². The fourth-order valence-corrected chi connectivity index (χ4v) is 2.56. The highest BCUT2D eigenvalue weighted by Gasteiger charge is 2.24. The zero-order valence-electron chi connectivity index (χ0n) is 10.7. The average Bonchev–Trinajstić information content (AvgIpc) is 2.75. The van der Waals surface area contributed by atoms with Crippen LogP contribution >= 0.6 is 15.9 Å². The van der Waals surface area contributed by atoms with Crippen LogP contribution in [-0.4, -0.2) is 10.8 Å². The first-order chi connectivity index (χ1) is 10.0. The van der Waals surface area contributed by atoms with Gasteiger partial charge in [-0.05, 0) is 29.8 Å². The summed E-state index contributed by atoms with van der Waals surface area (Å²) in [5, 5.41) is 13.6. The number of benzene rings is 2. The Morgan fingerprint density at radius 1 is 1.19 bits per heavy atom. The van der Waals surface area contributed by atoms with Crippen molar-refractivity contribution in [1.29, 1.82) is 0 Å². The van der Waals surface area contributed by atoms with E-state index in [1.54, 1.807) is 18.2 Å². The molecule has 1 aliphatic heterocycles. The molecule has 0 unspecified atom stereocenters. The Balaban J connectivity index is 2.08. The van der Waals surface area contributed by atoms with Crippen LogP contribution in [-0.2, 0) is 4.79 Å². The number of nitro groups is 1. The number of hydrogen-bond acceptors (Lipinski definition) is 3. The van der Waals surface area contributed by atoms with Crippen molar-refractivity contribution in [2.45, 2.75) is 0 Å². The van der Waals surface area contributed by atoms with Gasteiger partial charge in [-0.3, -0.25) is 14.9 Å². The maximum absolute atomic E-state index is 12.0. The van der Waals surface area contributed by atoms with E-state index in [1.165, 1.54) is 12.1 Å². The van der Waals surface area contributed by atoms with E-state index in [-0.39, 0.29) is 11.6 Å². The molecule has 0 fully saturated rings. The van der Waals surface area contributed by atoms with E-state index in [9.17, 15) is 14.9 Å². The number of hydrogen-bond donors (Lipinski definition) is 1. The monoisotopic (exact) mass is 344 g/mol. The van der Waals surface area contributed by atoms with Crippen molar-refractivity contribution in [3.63, 3.8) is 0 Å². The smallest absolute Gasteiger partial charge is 0.270 e. The highest BCUT2D eigenvalue weighted by Crippen LogP contribution is 2.35. The summed E-state index contributed by atoms with van der Waals surface area (Å²) >= 11 is 3.37. The second-order valence-electron chi connectivity index (χ2n) is 4.55. The molecule has 104 valence electrons. The fourth-order valence-electron chi connectivity index (χ4n) is 2.20. The number of fused-ring (bicyclic) bond motifs is 1. The Morgan fingerprint density at radius 2 is 2.00 bits per heavy atom. The summed E-state index contributed by atoms with van der Waals surface area (Å²) < 4.78 is 0.864. The minimum Gasteiger partial charge on any atom is -0.321 e. The first-order valence-electron chi connectivity index (χ1n) is 6.12. The topological polar surface area (TPSA) is 72.2 Å². The van der Waals surface area contributed by atoms with Crippen molar-refractivity contribution in [3.05, 3.63) is 68.2 Å². The molecule has 2 aromatic rings. The molecular weight excluding hydrogens is 336 g/mol. The van der Waals surface area contributed by atoms with Crippen molar-refractivity contribution in [1.82, 2.24) is 0 Å². The number of halogens is 1. The third-order valence-electron chi connectivity index (χ3n) is 3.16. The van der Waals surface area contributed by atoms with E-state index in [4.69, 9.17) is 0 Å². The molecule has 5 nitrogen and oxygen atoms in total. The van der Waals surface area contributed by atoms with E-state index in [1.807, 2.05) is 18.2 Å². The van der Waals surface area contributed by atoms with Gasteiger partial charge in [0, 0.05) is 33.4 Å². The number of nitrogens with zero attached hydrogens (tertiary/aromatic N) is 1. The van der Waals surface area contributed by atoms with E-state index in [2.05, 4.69) is 21.2 Å². The standard InChI is InChI=1S/C15H9BrN2O3/c16-10-4-5-14-12(8-10)13(15(19)17-14)7-9-2-1-3-11(6-9)18(20)21/h1-8H,(H,17,19)/b13-7+. The molecule has 0 radical (unpaired) electrons. The van der Waals surface area contributed by atoms with Gasteiger partial charge in [0.2, 0.25) is 0 Å². The molecule has 2 aromatic carbocycles. The van der Waals surface area contributed by atoms with Crippen LogP contribution in [0.1, 0.15) is 11.1 Å². The number of carbonyl (C=O) groups excluding carboxylic acids is 1. The second kappa shape index (κ2) is 5.14. The van der Waals surface area contributed by atoms with Crippen molar-refractivity contribution < 1.29 is 9.72 Å². The summed E-state index contributed by atoms with van der Waals surface area (Å²) in [5.41, 5.74) is 2.62. The molecule has 0 saturated heterocycles. The zero-order valence-corrected chi connectivity index (χ0v) is 12.3. The number of carbonyl (C=O) groups is 1. The van der Waals surface area contributed by atoms with Crippen molar-refractivity contribution in [3.8, 4) is 0 Å². The number of anilines is 1. The van der Waals surface area contributed by atoms with Crippen LogP contribution in [0.25, 0.3) is 11.6 Å². The lowest BCUT2D eigenvalue weighted by molar-refractivity contribution is -0.384. The first kappa shape index (κ1) is 13.5. The third kappa shape index (κ3) is 2.57. The zero-order chi connectivity index (χ0) is 15.0. The van der Waals surface area contributed by atoms with Crippen LogP contribution in [0.15, 0.2) is 46.9 Å². The Morgan fingerprint density at radius 3 is 2.76 bits per heavy atom. The van der Waals surface area contributed by atoms with Crippen molar-refractivity contribution >= 4 is 44.9 Å². The molecule has 0 atom stereocenters. The van der Waals surface area contributed by atoms with Gasteiger partial charge in [0.15, 0.2) is 0 Å². The summed E-state index contributed by atoms with van der Waals surface area (Å²) in [5.74, 6) is -0.213. The molecule has 0 saturated carbocycles. The van der Waals surface area contributed by atoms with Crippen molar-refractivity contribution in [2.75, 3.05) is 5.32 Å². The summed E-state index contributed by atoms with van der Waals surface area (Å²) in [6.45, 7) is 0. The molecule has 1 amide bonds. The van der Waals surface area contributed by atoms with Gasteiger partial charge in [-0.15, -0.1) is 0 Å². The third-order valence-corrected chi connectivity index (χ3v) is 3.65. The minimum atomic E-state index is -0.457.